The van der Waals surface area contributed by atoms with Crippen LogP contribution in [0.15, 0.2) is 0 Å². The highest BCUT2D eigenvalue weighted by Gasteiger charge is 2.16. The lowest BCUT2D eigenvalue weighted by Gasteiger charge is -2.24. The maximum Gasteiger partial charge on any atom is -0.0383 e. The Morgan fingerprint density at radius 3 is 0.974 bits per heavy atom. The Bertz CT molecular complexity index is 407. The summed E-state index contributed by atoms with van der Waals surface area (Å²) in [6.45, 7) is 39.5. The van der Waals surface area contributed by atoms with Crippen LogP contribution in [0.5, 0.6) is 0 Å². The SMILES string of the molecule is C.C.C.C.C.CC(C)C(C)CCC(C)(C)C.CCC(C)CCC(C)(C)C.CCC(CCC(C)(C)C)C(C)C. The van der Waals surface area contributed by atoms with Crippen LogP contribution in [0.25, 0.3) is 0 Å². The smallest absolute Gasteiger partial charge is 0.0383 e. The van der Waals surface area contributed by atoms with Crippen LogP contribution in [0.4, 0.5) is 0 Å². The van der Waals surface area contributed by atoms with Crippen molar-refractivity contribution >= 4 is 0 Å². The van der Waals surface area contributed by atoms with Gasteiger partial charge in [-0.15, -0.1) is 0 Å². The normalized spacial score (nSPS) is 13.3. The summed E-state index contributed by atoms with van der Waals surface area (Å²) in [4.78, 5) is 0. The molecule has 0 aliphatic rings. The summed E-state index contributed by atoms with van der Waals surface area (Å²) < 4.78 is 0. The van der Waals surface area contributed by atoms with Gasteiger partial charge in [0.25, 0.3) is 0 Å². The van der Waals surface area contributed by atoms with Gasteiger partial charge in [0.15, 0.2) is 0 Å². The molecule has 0 nitrogen and oxygen atoms in total. The second-order valence-electron chi connectivity index (χ2n) is 15.4. The van der Waals surface area contributed by atoms with E-state index in [1.807, 2.05) is 0 Å². The van der Waals surface area contributed by atoms with Crippen molar-refractivity contribution in [3.8, 4) is 0 Å². The molecule has 244 valence electrons. The summed E-state index contributed by atoms with van der Waals surface area (Å²) in [5.41, 5.74) is 1.56. The summed E-state index contributed by atoms with van der Waals surface area (Å²) in [5, 5.41) is 0. The van der Waals surface area contributed by atoms with Crippen molar-refractivity contribution in [1.29, 1.82) is 0 Å². The summed E-state index contributed by atoms with van der Waals surface area (Å²) in [5.74, 6) is 4.44. The molecule has 0 heteroatoms. The van der Waals surface area contributed by atoms with Crippen LogP contribution >= 0.6 is 0 Å². The number of hydrogen-bond acceptors (Lipinski definition) is 0. The fraction of sp³-hybridized carbons (Fsp3) is 1.00. The molecule has 3 atom stereocenters. The lowest BCUT2D eigenvalue weighted by Crippen LogP contribution is -2.12. The predicted molar refractivity (Wildman–Crippen MR) is 192 cm³/mol. The van der Waals surface area contributed by atoms with E-state index in [-0.39, 0.29) is 37.1 Å². The Morgan fingerprint density at radius 2 is 0.737 bits per heavy atom. The van der Waals surface area contributed by atoms with E-state index in [0.29, 0.717) is 16.2 Å². The molecule has 0 rings (SSSR count). The van der Waals surface area contributed by atoms with Crippen LogP contribution in [0, 0.1) is 45.8 Å². The van der Waals surface area contributed by atoms with Crippen LogP contribution in [-0.2, 0) is 0 Å². The molecule has 0 aromatic carbocycles. The van der Waals surface area contributed by atoms with Gasteiger partial charge in [-0.1, -0.05) is 174 Å². The Kier molecular flexibility index (Phi) is 43.4. The van der Waals surface area contributed by atoms with Gasteiger partial charge in [-0.2, -0.15) is 0 Å². The molecule has 0 aliphatic carbocycles. The van der Waals surface area contributed by atoms with E-state index in [9.17, 15) is 0 Å². The minimum atomic E-state index is 0. The van der Waals surface area contributed by atoms with E-state index in [4.69, 9.17) is 0 Å². The van der Waals surface area contributed by atoms with Crippen LogP contribution in [-0.4, -0.2) is 0 Å². The molecule has 0 saturated carbocycles. The van der Waals surface area contributed by atoms with Gasteiger partial charge in [-0.25, -0.2) is 0 Å². The molecule has 0 N–H and O–H groups in total. The van der Waals surface area contributed by atoms with Crippen LogP contribution in [0.3, 0.4) is 0 Å². The standard InChI is InChI=1S/C12H26.C11H24.C10H22.5CH4/c1-7-11(10(2)3)8-9-12(4,5)6;1-9(2)10(3)7-8-11(4,5)6;1-6-9(2)7-8-10(3,4)5;;;;;/h10-11H,7-9H2,1-6H3;9-10H,7-8H2,1-6H3;9H,6-8H2,1-5H3;5*1H4. The summed E-state index contributed by atoms with van der Waals surface area (Å²) in [6.07, 6.45) is 10.9. The second kappa shape index (κ2) is 28.5. The number of rotatable bonds is 10. The molecule has 0 radical (unpaired) electrons. The van der Waals surface area contributed by atoms with Crippen molar-refractivity contribution in [1.82, 2.24) is 0 Å². The van der Waals surface area contributed by atoms with Crippen molar-refractivity contribution in [2.45, 2.75) is 206 Å². The second-order valence-corrected chi connectivity index (χ2v) is 15.4. The lowest BCUT2D eigenvalue weighted by molar-refractivity contribution is 0.274. The van der Waals surface area contributed by atoms with Gasteiger partial charge < -0.3 is 0 Å². The molecule has 38 heavy (non-hydrogen) atoms. The average Bonchev–Trinajstić information content (AvgIpc) is 2.63. The molecule has 0 aromatic rings. The predicted octanol–water partition coefficient (Wildman–Crippen LogP) is 15.6. The fourth-order valence-electron chi connectivity index (χ4n) is 3.50. The highest BCUT2D eigenvalue weighted by atomic mass is 14.2. The summed E-state index contributed by atoms with van der Waals surface area (Å²) in [6, 6.07) is 0. The minimum absolute atomic E-state index is 0. The highest BCUT2D eigenvalue weighted by molar-refractivity contribution is 4.68. The van der Waals surface area contributed by atoms with Gasteiger partial charge in [0, 0.05) is 0 Å². The number of hydrogen-bond donors (Lipinski definition) is 0. The van der Waals surface area contributed by atoms with E-state index in [2.05, 4.69) is 118 Å². The van der Waals surface area contributed by atoms with E-state index in [1.54, 1.807) is 0 Å². The van der Waals surface area contributed by atoms with Crippen molar-refractivity contribution < 1.29 is 0 Å². The molecule has 0 aromatic heterocycles. The Balaban J connectivity index is -0.0000000557. The van der Waals surface area contributed by atoms with Crippen molar-refractivity contribution in [3.63, 3.8) is 0 Å². The van der Waals surface area contributed by atoms with E-state index in [0.717, 1.165) is 29.6 Å². The minimum Gasteiger partial charge on any atom is -0.0776 e. The molecular weight excluding hydrogens is 456 g/mol. The molecule has 0 bridgehead atoms. The Morgan fingerprint density at radius 1 is 0.421 bits per heavy atom. The first-order valence-electron chi connectivity index (χ1n) is 14.6. The third-order valence-corrected chi connectivity index (χ3v) is 7.30. The zero-order valence-electron chi connectivity index (χ0n) is 27.0. The van der Waals surface area contributed by atoms with Crippen molar-refractivity contribution in [2.24, 2.45) is 45.8 Å². The van der Waals surface area contributed by atoms with Gasteiger partial charge in [-0.3, -0.25) is 0 Å². The lowest BCUT2D eigenvalue weighted by atomic mass is 9.82. The molecule has 0 fully saturated rings. The third kappa shape index (κ3) is 49.0. The van der Waals surface area contributed by atoms with Gasteiger partial charge in [0.1, 0.15) is 0 Å². The first-order valence-corrected chi connectivity index (χ1v) is 14.6. The Labute approximate surface area is 251 Å². The van der Waals surface area contributed by atoms with Crippen LogP contribution in [0.2, 0.25) is 0 Å². The molecule has 3 unspecified atom stereocenters. The largest absolute Gasteiger partial charge is 0.0776 e. The van der Waals surface area contributed by atoms with Crippen LogP contribution < -0.4 is 0 Å². The zero-order valence-corrected chi connectivity index (χ0v) is 27.0. The topological polar surface area (TPSA) is 0 Å². The maximum atomic E-state index is 2.36. The van der Waals surface area contributed by atoms with Gasteiger partial charge in [-0.05, 0) is 77.9 Å². The summed E-state index contributed by atoms with van der Waals surface area (Å²) >= 11 is 0. The van der Waals surface area contributed by atoms with Gasteiger partial charge in [0.05, 0.1) is 0 Å². The fourth-order valence-corrected chi connectivity index (χ4v) is 3.50. The molecule has 0 spiro atoms. The molecule has 0 amide bonds. The van der Waals surface area contributed by atoms with E-state index in [1.165, 1.54) is 51.4 Å². The first-order chi connectivity index (χ1) is 14.6. The third-order valence-electron chi connectivity index (χ3n) is 7.30. The van der Waals surface area contributed by atoms with Crippen molar-refractivity contribution in [2.75, 3.05) is 0 Å². The van der Waals surface area contributed by atoms with Crippen LogP contribution in [0.1, 0.15) is 206 Å². The highest BCUT2D eigenvalue weighted by Crippen LogP contribution is 2.29. The zero-order chi connectivity index (χ0) is 27.0. The monoisotopic (exact) mass is 549 g/mol. The summed E-state index contributed by atoms with van der Waals surface area (Å²) in [7, 11) is 0. The average molecular weight is 549 g/mol. The van der Waals surface area contributed by atoms with Crippen molar-refractivity contribution in [3.05, 3.63) is 0 Å². The van der Waals surface area contributed by atoms with Gasteiger partial charge in [0.2, 0.25) is 0 Å². The van der Waals surface area contributed by atoms with E-state index >= 15 is 0 Å². The van der Waals surface area contributed by atoms with Gasteiger partial charge >= 0.3 is 0 Å². The van der Waals surface area contributed by atoms with E-state index < -0.39 is 0 Å². The molecular formula is C38H92. The molecule has 0 saturated heterocycles. The quantitative estimate of drug-likeness (QED) is 0.254. The molecule has 0 aliphatic heterocycles. The molecule has 0 heterocycles. The Hall–Kier alpha value is 0. The first kappa shape index (κ1) is 57.8. The maximum absolute atomic E-state index is 2.36.